The van der Waals surface area contributed by atoms with Gasteiger partial charge in [0.15, 0.2) is 0 Å². The molecule has 2 aromatic rings. The van der Waals surface area contributed by atoms with Crippen molar-refractivity contribution in [1.29, 1.82) is 0 Å². The fraction of sp³-hybridized carbons (Fsp3) is 0.250. The average molecular weight is 287 g/mol. The summed E-state index contributed by atoms with van der Waals surface area (Å²) in [6.45, 7) is 2.25. The van der Waals surface area contributed by atoms with Crippen LogP contribution in [0.5, 0.6) is 0 Å². The first-order valence-electron chi connectivity index (χ1n) is 6.20. The lowest BCUT2D eigenvalue weighted by Gasteiger charge is -2.14. The van der Waals surface area contributed by atoms with Crippen LogP contribution < -0.4 is 0 Å². The lowest BCUT2D eigenvalue weighted by molar-refractivity contribution is 0.724. The zero-order valence-electron chi connectivity index (χ0n) is 9.91. The molecule has 0 amide bonds. The molecule has 1 atom stereocenters. The van der Waals surface area contributed by atoms with Gasteiger partial charge in [-0.3, -0.25) is 0 Å². The van der Waals surface area contributed by atoms with Crippen LogP contribution in [0.15, 0.2) is 40.9 Å². The number of allylic oxidation sites excluding steroid dienone is 1. The van der Waals surface area contributed by atoms with E-state index in [1.54, 1.807) is 0 Å². The topological polar surface area (TPSA) is 0 Å². The van der Waals surface area contributed by atoms with Crippen molar-refractivity contribution in [2.45, 2.75) is 25.7 Å². The largest absolute Gasteiger partial charge is 0.0763 e. The quantitative estimate of drug-likeness (QED) is 0.683. The molecule has 0 spiro atoms. The molecule has 0 saturated carbocycles. The van der Waals surface area contributed by atoms with Gasteiger partial charge in [0, 0.05) is 10.4 Å². The van der Waals surface area contributed by atoms with Gasteiger partial charge in [0.2, 0.25) is 0 Å². The van der Waals surface area contributed by atoms with Crippen LogP contribution in [0, 0.1) is 0 Å². The summed E-state index contributed by atoms with van der Waals surface area (Å²) in [4.78, 5) is 0. The first-order chi connectivity index (χ1) is 8.31. The predicted octanol–water partition coefficient (Wildman–Crippen LogP) is 5.51. The monoisotopic (exact) mass is 286 g/mol. The second-order valence-corrected chi connectivity index (χ2v) is 5.52. The SMILES string of the molecule is CCCC1C=Cc2c1c(Br)cc1ccccc21. The van der Waals surface area contributed by atoms with E-state index in [0.717, 1.165) is 0 Å². The van der Waals surface area contributed by atoms with Gasteiger partial charge in [-0.2, -0.15) is 0 Å². The Kier molecular flexibility index (Phi) is 2.79. The molecule has 0 saturated heterocycles. The molecule has 0 heterocycles. The summed E-state index contributed by atoms with van der Waals surface area (Å²) in [5, 5.41) is 2.69. The Morgan fingerprint density at radius 3 is 2.88 bits per heavy atom. The third-order valence-electron chi connectivity index (χ3n) is 3.55. The van der Waals surface area contributed by atoms with Crippen LogP contribution in [0.3, 0.4) is 0 Å². The van der Waals surface area contributed by atoms with Gasteiger partial charge < -0.3 is 0 Å². The summed E-state index contributed by atoms with van der Waals surface area (Å²) in [5.41, 5.74) is 2.89. The summed E-state index contributed by atoms with van der Waals surface area (Å²) >= 11 is 3.74. The first-order valence-corrected chi connectivity index (χ1v) is 7.00. The number of benzene rings is 2. The Balaban J connectivity index is 2.26. The smallest absolute Gasteiger partial charge is 0.0225 e. The van der Waals surface area contributed by atoms with E-state index in [4.69, 9.17) is 0 Å². The maximum Gasteiger partial charge on any atom is 0.0225 e. The fourth-order valence-electron chi connectivity index (χ4n) is 2.77. The Labute approximate surface area is 110 Å². The normalized spacial score (nSPS) is 17.6. The standard InChI is InChI=1S/C16H15Br/c1-2-5-11-8-9-14-13-7-4-3-6-12(13)10-15(17)16(11)14/h3-4,6-11H,2,5H2,1H3. The van der Waals surface area contributed by atoms with Crippen LogP contribution in [-0.4, -0.2) is 0 Å². The molecule has 1 unspecified atom stereocenters. The maximum atomic E-state index is 3.74. The van der Waals surface area contributed by atoms with Crippen LogP contribution >= 0.6 is 15.9 Å². The van der Waals surface area contributed by atoms with Crippen molar-refractivity contribution in [1.82, 2.24) is 0 Å². The van der Waals surface area contributed by atoms with Crippen molar-refractivity contribution in [3.63, 3.8) is 0 Å². The van der Waals surface area contributed by atoms with E-state index in [1.807, 2.05) is 0 Å². The summed E-state index contributed by atoms with van der Waals surface area (Å²) < 4.78 is 1.26. The maximum absolute atomic E-state index is 3.74. The van der Waals surface area contributed by atoms with Crippen LogP contribution in [0.25, 0.3) is 16.8 Å². The lowest BCUT2D eigenvalue weighted by atomic mass is 9.93. The molecule has 0 aromatic heterocycles. The molecule has 0 radical (unpaired) electrons. The van der Waals surface area contributed by atoms with E-state index in [9.17, 15) is 0 Å². The Morgan fingerprint density at radius 1 is 1.24 bits per heavy atom. The van der Waals surface area contributed by atoms with Gasteiger partial charge in [-0.05, 0) is 34.4 Å². The third kappa shape index (κ3) is 1.73. The minimum Gasteiger partial charge on any atom is -0.0763 e. The van der Waals surface area contributed by atoms with Crippen molar-refractivity contribution in [3.05, 3.63) is 52.0 Å². The highest BCUT2D eigenvalue weighted by atomic mass is 79.9. The second-order valence-electron chi connectivity index (χ2n) is 4.66. The number of halogens is 1. The molecule has 1 heteroatoms. The van der Waals surface area contributed by atoms with Gasteiger partial charge in [0.1, 0.15) is 0 Å². The fourth-order valence-corrected chi connectivity index (χ4v) is 3.53. The Bertz CT molecular complexity index is 596. The molecular weight excluding hydrogens is 272 g/mol. The van der Waals surface area contributed by atoms with Gasteiger partial charge in [-0.25, -0.2) is 0 Å². The molecule has 1 aliphatic carbocycles. The van der Waals surface area contributed by atoms with Gasteiger partial charge in [0.25, 0.3) is 0 Å². The number of rotatable bonds is 2. The molecule has 0 aliphatic heterocycles. The molecule has 0 bridgehead atoms. The molecule has 86 valence electrons. The minimum atomic E-state index is 0.592. The number of hydrogen-bond donors (Lipinski definition) is 0. The molecule has 2 aromatic carbocycles. The molecule has 17 heavy (non-hydrogen) atoms. The van der Waals surface area contributed by atoms with Crippen molar-refractivity contribution in [2.75, 3.05) is 0 Å². The van der Waals surface area contributed by atoms with Gasteiger partial charge in [-0.1, -0.05) is 65.7 Å². The molecule has 0 N–H and O–H groups in total. The van der Waals surface area contributed by atoms with E-state index in [-0.39, 0.29) is 0 Å². The number of hydrogen-bond acceptors (Lipinski definition) is 0. The second kappa shape index (κ2) is 4.30. The molecule has 0 fully saturated rings. The zero-order valence-corrected chi connectivity index (χ0v) is 11.5. The van der Waals surface area contributed by atoms with Gasteiger partial charge >= 0.3 is 0 Å². The summed E-state index contributed by atoms with van der Waals surface area (Å²) in [6.07, 6.45) is 7.11. The Hall–Kier alpha value is -1.08. The Morgan fingerprint density at radius 2 is 2.06 bits per heavy atom. The highest BCUT2D eigenvalue weighted by molar-refractivity contribution is 9.10. The van der Waals surface area contributed by atoms with E-state index >= 15 is 0 Å². The first kappa shape index (κ1) is 11.0. The van der Waals surface area contributed by atoms with E-state index in [1.165, 1.54) is 39.2 Å². The van der Waals surface area contributed by atoms with E-state index in [2.05, 4.69) is 65.3 Å². The van der Waals surface area contributed by atoms with Crippen LogP contribution in [0.4, 0.5) is 0 Å². The van der Waals surface area contributed by atoms with Crippen molar-refractivity contribution in [2.24, 2.45) is 0 Å². The van der Waals surface area contributed by atoms with Crippen molar-refractivity contribution < 1.29 is 0 Å². The molecule has 3 rings (SSSR count). The molecule has 0 nitrogen and oxygen atoms in total. The molecular formula is C16H15Br. The average Bonchev–Trinajstić information content (AvgIpc) is 2.75. The van der Waals surface area contributed by atoms with Gasteiger partial charge in [0.05, 0.1) is 0 Å². The van der Waals surface area contributed by atoms with Gasteiger partial charge in [-0.15, -0.1) is 0 Å². The van der Waals surface area contributed by atoms with Crippen molar-refractivity contribution in [3.8, 4) is 0 Å². The van der Waals surface area contributed by atoms with E-state index in [0.29, 0.717) is 5.92 Å². The highest BCUT2D eigenvalue weighted by Gasteiger charge is 2.21. The highest BCUT2D eigenvalue weighted by Crippen LogP contribution is 2.42. The van der Waals surface area contributed by atoms with E-state index < -0.39 is 0 Å². The third-order valence-corrected chi connectivity index (χ3v) is 4.20. The predicted molar refractivity (Wildman–Crippen MR) is 78.3 cm³/mol. The van der Waals surface area contributed by atoms with Crippen LogP contribution in [0.1, 0.15) is 36.8 Å². The minimum absolute atomic E-state index is 0.592. The van der Waals surface area contributed by atoms with Crippen LogP contribution in [-0.2, 0) is 0 Å². The number of fused-ring (bicyclic) bond motifs is 3. The zero-order chi connectivity index (χ0) is 11.8. The van der Waals surface area contributed by atoms with Crippen LogP contribution in [0.2, 0.25) is 0 Å². The molecule has 1 aliphatic rings. The van der Waals surface area contributed by atoms with Crippen molar-refractivity contribution >= 4 is 32.8 Å². The summed E-state index contributed by atoms with van der Waals surface area (Å²) in [5.74, 6) is 0.592. The summed E-state index contributed by atoms with van der Waals surface area (Å²) in [7, 11) is 0. The lowest BCUT2D eigenvalue weighted by Crippen LogP contribution is -1.95. The summed E-state index contributed by atoms with van der Waals surface area (Å²) in [6, 6.07) is 10.9.